The van der Waals surface area contributed by atoms with E-state index in [0.717, 1.165) is 40.1 Å². The molecule has 5 rings (SSSR count). The SMILES string of the molecule is COc1ccc2c(c1)C(C(=O)NCCc1c[nH]c3ccccc13)=C/C2=C\c1ccco1. The number of benzene rings is 2. The summed E-state index contributed by atoms with van der Waals surface area (Å²) in [5, 5.41) is 4.26. The molecule has 4 aromatic rings. The summed E-state index contributed by atoms with van der Waals surface area (Å²) in [5.74, 6) is 1.36. The molecule has 0 radical (unpaired) electrons. The van der Waals surface area contributed by atoms with Gasteiger partial charge in [0, 0.05) is 29.2 Å². The van der Waals surface area contributed by atoms with Crippen LogP contribution in [0, 0.1) is 0 Å². The van der Waals surface area contributed by atoms with Gasteiger partial charge in [-0.05, 0) is 71.2 Å². The number of hydrogen-bond acceptors (Lipinski definition) is 3. The number of rotatable bonds is 6. The maximum atomic E-state index is 13.1. The first-order valence-corrected chi connectivity index (χ1v) is 10.2. The summed E-state index contributed by atoms with van der Waals surface area (Å²) in [6.07, 6.45) is 8.25. The largest absolute Gasteiger partial charge is 0.497 e. The van der Waals surface area contributed by atoms with Gasteiger partial charge >= 0.3 is 0 Å². The van der Waals surface area contributed by atoms with E-state index in [2.05, 4.69) is 22.4 Å². The van der Waals surface area contributed by atoms with E-state index in [4.69, 9.17) is 9.15 Å². The fraction of sp³-hybridized carbons (Fsp3) is 0.115. The Morgan fingerprint density at radius 3 is 2.87 bits per heavy atom. The Labute approximate surface area is 180 Å². The van der Waals surface area contributed by atoms with Gasteiger partial charge in [0.25, 0.3) is 5.91 Å². The summed E-state index contributed by atoms with van der Waals surface area (Å²) < 4.78 is 10.8. The van der Waals surface area contributed by atoms with Crippen molar-refractivity contribution >= 4 is 34.0 Å². The Morgan fingerprint density at radius 1 is 1.13 bits per heavy atom. The highest BCUT2D eigenvalue weighted by molar-refractivity contribution is 6.26. The fourth-order valence-corrected chi connectivity index (χ4v) is 4.01. The number of furan rings is 1. The minimum atomic E-state index is -0.0998. The molecule has 1 aliphatic carbocycles. The van der Waals surface area contributed by atoms with E-state index in [-0.39, 0.29) is 5.91 Å². The third-order valence-corrected chi connectivity index (χ3v) is 5.57. The van der Waals surface area contributed by atoms with Crippen LogP contribution in [0.4, 0.5) is 0 Å². The Kier molecular flexibility index (Phi) is 4.92. The highest BCUT2D eigenvalue weighted by Crippen LogP contribution is 2.38. The van der Waals surface area contributed by atoms with E-state index >= 15 is 0 Å². The average Bonchev–Trinajstić information content (AvgIpc) is 3.53. The molecule has 0 atom stereocenters. The number of allylic oxidation sites excluding steroid dienone is 2. The number of para-hydroxylation sites is 1. The minimum Gasteiger partial charge on any atom is -0.497 e. The van der Waals surface area contributed by atoms with Gasteiger partial charge in [-0.1, -0.05) is 24.3 Å². The van der Waals surface area contributed by atoms with E-state index in [1.54, 1.807) is 13.4 Å². The van der Waals surface area contributed by atoms with Crippen molar-refractivity contribution in [2.75, 3.05) is 13.7 Å². The van der Waals surface area contributed by atoms with Crippen LogP contribution < -0.4 is 10.1 Å². The molecule has 0 saturated heterocycles. The number of hydrogen-bond donors (Lipinski definition) is 2. The van der Waals surface area contributed by atoms with Crippen LogP contribution in [-0.2, 0) is 11.2 Å². The van der Waals surface area contributed by atoms with E-state index in [0.29, 0.717) is 12.1 Å². The highest BCUT2D eigenvalue weighted by Gasteiger charge is 2.24. The normalized spacial score (nSPS) is 14.0. The quantitative estimate of drug-likeness (QED) is 0.467. The number of aromatic nitrogens is 1. The van der Waals surface area contributed by atoms with Crippen molar-refractivity contribution in [1.82, 2.24) is 10.3 Å². The second-order valence-electron chi connectivity index (χ2n) is 7.45. The lowest BCUT2D eigenvalue weighted by Gasteiger charge is -2.09. The molecule has 2 N–H and O–H groups in total. The van der Waals surface area contributed by atoms with Crippen LogP contribution in [0.5, 0.6) is 5.75 Å². The molecular formula is C26H22N2O3. The van der Waals surface area contributed by atoms with Gasteiger partial charge in [0.1, 0.15) is 11.5 Å². The molecule has 1 aliphatic rings. The van der Waals surface area contributed by atoms with Crippen LogP contribution in [-0.4, -0.2) is 24.5 Å². The average molecular weight is 410 g/mol. The minimum absolute atomic E-state index is 0.0998. The first kappa shape index (κ1) is 19.0. The standard InChI is InChI=1S/C26H22N2O3/c1-30-19-8-9-21-18(13-20-5-4-12-31-20)14-24(23(21)15-19)26(29)27-11-10-17-16-28-25-7-3-2-6-22(17)25/h2-9,12-16,28H,10-11H2,1H3,(H,27,29)/b18-13+. The number of amides is 1. The van der Waals surface area contributed by atoms with Gasteiger partial charge in [-0.2, -0.15) is 0 Å². The molecule has 154 valence electrons. The lowest BCUT2D eigenvalue weighted by Crippen LogP contribution is -2.26. The highest BCUT2D eigenvalue weighted by atomic mass is 16.5. The van der Waals surface area contributed by atoms with E-state index in [9.17, 15) is 4.79 Å². The lowest BCUT2D eigenvalue weighted by atomic mass is 10.0. The van der Waals surface area contributed by atoms with Crippen molar-refractivity contribution in [3.8, 4) is 5.75 Å². The van der Waals surface area contributed by atoms with Gasteiger partial charge in [0.05, 0.1) is 13.4 Å². The molecule has 5 nitrogen and oxygen atoms in total. The van der Waals surface area contributed by atoms with Crippen molar-refractivity contribution in [2.45, 2.75) is 6.42 Å². The summed E-state index contributed by atoms with van der Waals surface area (Å²) in [7, 11) is 1.63. The third-order valence-electron chi connectivity index (χ3n) is 5.57. The van der Waals surface area contributed by atoms with Crippen LogP contribution in [0.15, 0.2) is 77.6 Å². The Hall–Kier alpha value is -3.99. The predicted octanol–water partition coefficient (Wildman–Crippen LogP) is 5.07. The van der Waals surface area contributed by atoms with Crippen molar-refractivity contribution in [1.29, 1.82) is 0 Å². The molecule has 2 aromatic heterocycles. The van der Waals surface area contributed by atoms with E-state index < -0.39 is 0 Å². The van der Waals surface area contributed by atoms with Crippen molar-refractivity contribution in [2.24, 2.45) is 0 Å². The van der Waals surface area contributed by atoms with Gasteiger partial charge in [-0.3, -0.25) is 4.79 Å². The zero-order chi connectivity index (χ0) is 21.2. The first-order valence-electron chi connectivity index (χ1n) is 10.2. The number of carbonyl (C=O) groups excluding carboxylic acids is 1. The molecule has 0 saturated carbocycles. The fourth-order valence-electron chi connectivity index (χ4n) is 4.01. The second-order valence-corrected chi connectivity index (χ2v) is 7.45. The number of carbonyl (C=O) groups is 1. The van der Waals surface area contributed by atoms with Crippen molar-refractivity contribution < 1.29 is 13.9 Å². The summed E-state index contributed by atoms with van der Waals surface area (Å²) >= 11 is 0. The van der Waals surface area contributed by atoms with Crippen LogP contribution in [0.1, 0.15) is 22.5 Å². The molecule has 0 aliphatic heterocycles. The van der Waals surface area contributed by atoms with E-state index in [1.165, 1.54) is 10.9 Å². The molecule has 5 heteroatoms. The molecule has 0 bridgehead atoms. The summed E-state index contributed by atoms with van der Waals surface area (Å²) in [6, 6.07) is 17.7. The van der Waals surface area contributed by atoms with Crippen LogP contribution >= 0.6 is 0 Å². The Balaban J connectivity index is 1.37. The topological polar surface area (TPSA) is 67.3 Å². The second kappa shape index (κ2) is 8.03. The summed E-state index contributed by atoms with van der Waals surface area (Å²) in [6.45, 7) is 0.550. The number of methoxy groups -OCH3 is 1. The molecule has 2 heterocycles. The predicted molar refractivity (Wildman–Crippen MR) is 123 cm³/mol. The molecule has 0 fully saturated rings. The number of aromatic amines is 1. The summed E-state index contributed by atoms with van der Waals surface area (Å²) in [5.41, 5.74) is 5.72. The zero-order valence-corrected chi connectivity index (χ0v) is 17.1. The zero-order valence-electron chi connectivity index (χ0n) is 17.1. The van der Waals surface area contributed by atoms with Crippen LogP contribution in [0.3, 0.4) is 0 Å². The molecule has 0 unspecified atom stereocenters. The van der Waals surface area contributed by atoms with Crippen molar-refractivity contribution in [3.63, 3.8) is 0 Å². The molecule has 1 amide bonds. The van der Waals surface area contributed by atoms with Crippen LogP contribution in [0.25, 0.3) is 28.1 Å². The van der Waals surface area contributed by atoms with Gasteiger partial charge in [-0.25, -0.2) is 0 Å². The monoisotopic (exact) mass is 410 g/mol. The maximum absolute atomic E-state index is 13.1. The third kappa shape index (κ3) is 3.66. The smallest absolute Gasteiger partial charge is 0.251 e. The summed E-state index contributed by atoms with van der Waals surface area (Å²) in [4.78, 5) is 16.3. The molecule has 2 aromatic carbocycles. The maximum Gasteiger partial charge on any atom is 0.251 e. The van der Waals surface area contributed by atoms with Crippen LogP contribution in [0.2, 0.25) is 0 Å². The number of ether oxygens (including phenoxy) is 1. The first-order chi connectivity index (χ1) is 15.2. The van der Waals surface area contributed by atoms with Gasteiger partial charge < -0.3 is 19.5 Å². The number of fused-ring (bicyclic) bond motifs is 2. The molecule has 31 heavy (non-hydrogen) atoms. The van der Waals surface area contributed by atoms with Gasteiger partial charge in [0.15, 0.2) is 0 Å². The Morgan fingerprint density at radius 2 is 2.03 bits per heavy atom. The Bertz CT molecular complexity index is 1310. The van der Waals surface area contributed by atoms with Crippen molar-refractivity contribution in [3.05, 3.63) is 95.6 Å². The van der Waals surface area contributed by atoms with Gasteiger partial charge in [-0.15, -0.1) is 0 Å². The number of nitrogens with one attached hydrogen (secondary N) is 2. The molecule has 0 spiro atoms. The molecular weight excluding hydrogens is 388 g/mol. The van der Waals surface area contributed by atoms with E-state index in [1.807, 2.05) is 60.8 Å². The van der Waals surface area contributed by atoms with Gasteiger partial charge in [0.2, 0.25) is 0 Å². The number of H-pyrrole nitrogens is 1. The lowest BCUT2D eigenvalue weighted by molar-refractivity contribution is -0.115.